The third-order valence-corrected chi connectivity index (χ3v) is 4.17. The number of hydrogen-bond acceptors (Lipinski definition) is 3. The molecule has 0 amide bonds. The monoisotopic (exact) mass is 271 g/mol. The van der Waals surface area contributed by atoms with Crippen LogP contribution in [0.25, 0.3) is 0 Å². The lowest BCUT2D eigenvalue weighted by atomic mass is 9.99. The van der Waals surface area contributed by atoms with Crippen molar-refractivity contribution < 1.29 is 0 Å². The van der Waals surface area contributed by atoms with E-state index in [0.29, 0.717) is 0 Å². The van der Waals surface area contributed by atoms with Crippen LogP contribution in [0.5, 0.6) is 0 Å². The van der Waals surface area contributed by atoms with Gasteiger partial charge in [-0.05, 0) is 50.4 Å². The molecule has 1 aliphatic rings. The van der Waals surface area contributed by atoms with Crippen molar-refractivity contribution in [2.45, 2.75) is 45.2 Å². The molecule has 2 rings (SSSR count). The van der Waals surface area contributed by atoms with Crippen LogP contribution in [0.3, 0.4) is 0 Å². The Balaban J connectivity index is 1.96. The molecule has 0 saturated carbocycles. The zero-order chi connectivity index (χ0) is 14.4. The SMILES string of the molecule is CCNC(C)(C#N)CCN1CCCc2ccccc2C1. The number of benzene rings is 1. The summed E-state index contributed by atoms with van der Waals surface area (Å²) < 4.78 is 0. The Bertz CT molecular complexity index is 477. The van der Waals surface area contributed by atoms with Crippen LogP contribution >= 0.6 is 0 Å². The lowest BCUT2D eigenvalue weighted by Crippen LogP contribution is -2.43. The second-order valence-corrected chi connectivity index (χ2v) is 5.87. The van der Waals surface area contributed by atoms with Crippen molar-refractivity contribution >= 4 is 0 Å². The van der Waals surface area contributed by atoms with E-state index in [1.54, 1.807) is 0 Å². The van der Waals surface area contributed by atoms with E-state index in [9.17, 15) is 5.26 Å². The highest BCUT2D eigenvalue weighted by Gasteiger charge is 2.24. The number of nitrogens with one attached hydrogen (secondary N) is 1. The maximum absolute atomic E-state index is 9.33. The lowest BCUT2D eigenvalue weighted by Gasteiger charge is -2.27. The summed E-state index contributed by atoms with van der Waals surface area (Å²) in [5, 5.41) is 12.6. The quantitative estimate of drug-likeness (QED) is 0.895. The predicted octanol–water partition coefficient (Wildman–Crippen LogP) is 2.72. The first-order valence-electron chi connectivity index (χ1n) is 7.62. The number of nitrogens with zero attached hydrogens (tertiary/aromatic N) is 2. The normalized spacial score (nSPS) is 18.6. The minimum Gasteiger partial charge on any atom is -0.300 e. The molecule has 1 N–H and O–H groups in total. The molecule has 20 heavy (non-hydrogen) atoms. The smallest absolute Gasteiger partial charge is 0.105 e. The van der Waals surface area contributed by atoms with E-state index in [2.05, 4.69) is 47.5 Å². The van der Waals surface area contributed by atoms with Crippen molar-refractivity contribution in [1.82, 2.24) is 10.2 Å². The van der Waals surface area contributed by atoms with Gasteiger partial charge in [-0.2, -0.15) is 5.26 Å². The van der Waals surface area contributed by atoms with Crippen LogP contribution in [0.15, 0.2) is 24.3 Å². The zero-order valence-electron chi connectivity index (χ0n) is 12.7. The van der Waals surface area contributed by atoms with E-state index in [0.717, 1.165) is 32.6 Å². The Morgan fingerprint density at radius 1 is 1.35 bits per heavy atom. The van der Waals surface area contributed by atoms with Crippen LogP contribution in [-0.4, -0.2) is 30.1 Å². The van der Waals surface area contributed by atoms with Crippen molar-refractivity contribution in [3.05, 3.63) is 35.4 Å². The first-order chi connectivity index (χ1) is 9.67. The fourth-order valence-electron chi connectivity index (χ4n) is 2.92. The molecule has 3 nitrogen and oxygen atoms in total. The van der Waals surface area contributed by atoms with E-state index < -0.39 is 5.54 Å². The molecule has 0 fully saturated rings. The van der Waals surface area contributed by atoms with E-state index >= 15 is 0 Å². The molecular weight excluding hydrogens is 246 g/mol. The standard InChI is InChI=1S/C17H25N3/c1-3-19-17(2,14-18)10-12-20-11-6-9-15-7-4-5-8-16(15)13-20/h4-5,7-8,19H,3,6,9-13H2,1-2H3. The van der Waals surface area contributed by atoms with Gasteiger partial charge >= 0.3 is 0 Å². The second kappa shape index (κ2) is 6.88. The molecule has 0 aromatic heterocycles. The Labute approximate surface area is 122 Å². The summed E-state index contributed by atoms with van der Waals surface area (Å²) in [5.74, 6) is 0. The molecule has 108 valence electrons. The van der Waals surface area contributed by atoms with Gasteiger partial charge in [-0.15, -0.1) is 0 Å². The van der Waals surface area contributed by atoms with Crippen LogP contribution in [0.1, 0.15) is 37.8 Å². The zero-order valence-corrected chi connectivity index (χ0v) is 12.7. The molecule has 0 radical (unpaired) electrons. The fraction of sp³-hybridized carbons (Fsp3) is 0.588. The molecule has 3 heteroatoms. The van der Waals surface area contributed by atoms with Gasteiger partial charge in [0.05, 0.1) is 6.07 Å². The Kier molecular flexibility index (Phi) is 5.17. The Morgan fingerprint density at radius 3 is 2.80 bits per heavy atom. The lowest BCUT2D eigenvalue weighted by molar-refractivity contribution is 0.241. The van der Waals surface area contributed by atoms with Gasteiger partial charge in [0.2, 0.25) is 0 Å². The summed E-state index contributed by atoms with van der Waals surface area (Å²) in [4.78, 5) is 2.48. The van der Waals surface area contributed by atoms with Crippen LogP contribution in [0, 0.1) is 11.3 Å². The first-order valence-corrected chi connectivity index (χ1v) is 7.62. The van der Waals surface area contributed by atoms with Gasteiger partial charge in [-0.25, -0.2) is 0 Å². The van der Waals surface area contributed by atoms with E-state index in [1.807, 2.05) is 6.92 Å². The van der Waals surface area contributed by atoms with E-state index in [1.165, 1.54) is 24.0 Å². The van der Waals surface area contributed by atoms with Crippen molar-refractivity contribution in [3.8, 4) is 6.07 Å². The third-order valence-electron chi connectivity index (χ3n) is 4.17. The van der Waals surface area contributed by atoms with Crippen molar-refractivity contribution in [2.24, 2.45) is 0 Å². The molecule has 1 aliphatic heterocycles. The van der Waals surface area contributed by atoms with Crippen LogP contribution in [0.4, 0.5) is 0 Å². The third kappa shape index (κ3) is 3.82. The second-order valence-electron chi connectivity index (χ2n) is 5.87. The molecule has 0 spiro atoms. The molecule has 0 saturated heterocycles. The number of rotatable bonds is 5. The molecular formula is C17H25N3. The number of nitriles is 1. The number of fused-ring (bicyclic) bond motifs is 1. The van der Waals surface area contributed by atoms with Crippen LogP contribution < -0.4 is 5.32 Å². The van der Waals surface area contributed by atoms with E-state index in [-0.39, 0.29) is 0 Å². The van der Waals surface area contributed by atoms with Gasteiger partial charge in [0.1, 0.15) is 5.54 Å². The average molecular weight is 271 g/mol. The minimum absolute atomic E-state index is 0.402. The summed E-state index contributed by atoms with van der Waals surface area (Å²) in [7, 11) is 0. The average Bonchev–Trinajstić information content (AvgIpc) is 2.67. The van der Waals surface area contributed by atoms with Crippen molar-refractivity contribution in [2.75, 3.05) is 19.6 Å². The highest BCUT2D eigenvalue weighted by atomic mass is 15.1. The molecule has 0 aliphatic carbocycles. The van der Waals surface area contributed by atoms with Gasteiger partial charge in [-0.3, -0.25) is 10.2 Å². The van der Waals surface area contributed by atoms with Gasteiger partial charge in [0.25, 0.3) is 0 Å². The summed E-state index contributed by atoms with van der Waals surface area (Å²) >= 11 is 0. The maximum atomic E-state index is 9.33. The van der Waals surface area contributed by atoms with E-state index in [4.69, 9.17) is 0 Å². The highest BCUT2D eigenvalue weighted by Crippen LogP contribution is 2.19. The molecule has 1 aromatic rings. The van der Waals surface area contributed by atoms with Gasteiger partial charge in [-0.1, -0.05) is 31.2 Å². The first kappa shape index (κ1) is 15.0. The molecule has 1 aromatic carbocycles. The van der Waals surface area contributed by atoms with Gasteiger partial charge in [0.15, 0.2) is 0 Å². The topological polar surface area (TPSA) is 39.1 Å². The van der Waals surface area contributed by atoms with Crippen LogP contribution in [0.2, 0.25) is 0 Å². The summed E-state index contributed by atoms with van der Waals surface area (Å²) in [6.45, 7) is 8.02. The maximum Gasteiger partial charge on any atom is 0.105 e. The van der Waals surface area contributed by atoms with Crippen molar-refractivity contribution in [3.63, 3.8) is 0 Å². The minimum atomic E-state index is -0.402. The molecule has 0 bridgehead atoms. The largest absolute Gasteiger partial charge is 0.300 e. The number of aryl methyl sites for hydroxylation is 1. The summed E-state index contributed by atoms with van der Waals surface area (Å²) in [6, 6.07) is 11.2. The molecule has 1 heterocycles. The molecule has 1 atom stereocenters. The summed E-state index contributed by atoms with van der Waals surface area (Å²) in [6.07, 6.45) is 3.26. The molecule has 1 unspecified atom stereocenters. The Morgan fingerprint density at radius 2 is 2.10 bits per heavy atom. The predicted molar refractivity (Wildman–Crippen MR) is 82.4 cm³/mol. The summed E-state index contributed by atoms with van der Waals surface area (Å²) in [5.41, 5.74) is 2.54. The van der Waals surface area contributed by atoms with Crippen LogP contribution in [-0.2, 0) is 13.0 Å². The number of hydrogen-bond donors (Lipinski definition) is 1. The van der Waals surface area contributed by atoms with Gasteiger partial charge in [0, 0.05) is 13.1 Å². The van der Waals surface area contributed by atoms with Crippen molar-refractivity contribution in [1.29, 1.82) is 5.26 Å². The van der Waals surface area contributed by atoms with Gasteiger partial charge < -0.3 is 0 Å². The Hall–Kier alpha value is -1.37. The fourth-order valence-corrected chi connectivity index (χ4v) is 2.92. The highest BCUT2D eigenvalue weighted by molar-refractivity contribution is 5.28.